The maximum atomic E-state index is 11.9. The molecular formula is C20H21N3O2. The van der Waals surface area contributed by atoms with Gasteiger partial charge in [0.1, 0.15) is 5.52 Å². The van der Waals surface area contributed by atoms with Crippen molar-refractivity contribution in [3.05, 3.63) is 65.5 Å². The lowest BCUT2D eigenvalue weighted by molar-refractivity contribution is -0.123. The van der Waals surface area contributed by atoms with Crippen LogP contribution in [0.2, 0.25) is 0 Å². The van der Waals surface area contributed by atoms with Gasteiger partial charge in [-0.25, -0.2) is 4.98 Å². The predicted octanol–water partition coefficient (Wildman–Crippen LogP) is 2.67. The molecule has 0 spiro atoms. The molecule has 0 unspecified atom stereocenters. The van der Waals surface area contributed by atoms with Gasteiger partial charge in [0.25, 0.3) is 0 Å². The number of aryl methyl sites for hydroxylation is 1. The molecule has 5 nitrogen and oxygen atoms in total. The summed E-state index contributed by atoms with van der Waals surface area (Å²) in [4.78, 5) is 18.6. The number of para-hydroxylation sites is 2. The fraction of sp³-hybridized carbons (Fsp3) is 0.300. The van der Waals surface area contributed by atoms with Gasteiger partial charge in [-0.05, 0) is 42.6 Å². The lowest BCUT2D eigenvalue weighted by Gasteiger charge is -2.35. The Bertz CT molecular complexity index is 870. The Kier molecular flexibility index (Phi) is 4.24. The largest absolute Gasteiger partial charge is 0.441 e. The topological polar surface area (TPSA) is 72.4 Å². The second-order valence-electron chi connectivity index (χ2n) is 6.54. The first-order chi connectivity index (χ1) is 12.2. The number of primary amides is 1. The Balaban J connectivity index is 1.43. The number of oxazole rings is 1. The van der Waals surface area contributed by atoms with Crippen LogP contribution in [0.5, 0.6) is 0 Å². The summed E-state index contributed by atoms with van der Waals surface area (Å²) >= 11 is 0. The van der Waals surface area contributed by atoms with Crippen LogP contribution in [0.3, 0.4) is 0 Å². The number of carbonyl (C=O) groups excluding carboxylic acids is 1. The van der Waals surface area contributed by atoms with Crippen LogP contribution in [0.4, 0.5) is 0 Å². The SMILES string of the molecule is NC(=O)[C@@H]1Cc2ccccc2CN1CCCc1nc2ccccc2o1. The molecule has 0 bridgehead atoms. The summed E-state index contributed by atoms with van der Waals surface area (Å²) < 4.78 is 5.77. The van der Waals surface area contributed by atoms with Crippen molar-refractivity contribution in [2.75, 3.05) is 6.54 Å². The van der Waals surface area contributed by atoms with Crippen molar-refractivity contribution in [1.29, 1.82) is 0 Å². The highest BCUT2D eigenvalue weighted by molar-refractivity contribution is 5.80. The lowest BCUT2D eigenvalue weighted by atomic mass is 9.93. The van der Waals surface area contributed by atoms with Gasteiger partial charge in [-0.2, -0.15) is 0 Å². The highest BCUT2D eigenvalue weighted by Gasteiger charge is 2.29. The zero-order chi connectivity index (χ0) is 17.2. The molecule has 5 heteroatoms. The number of benzene rings is 2. The van der Waals surface area contributed by atoms with E-state index in [-0.39, 0.29) is 11.9 Å². The van der Waals surface area contributed by atoms with Crippen molar-refractivity contribution < 1.29 is 9.21 Å². The average Bonchev–Trinajstić information content (AvgIpc) is 3.03. The monoisotopic (exact) mass is 335 g/mol. The van der Waals surface area contributed by atoms with E-state index in [0.29, 0.717) is 6.42 Å². The normalized spacial score (nSPS) is 17.5. The molecule has 4 rings (SSSR count). The summed E-state index contributed by atoms with van der Waals surface area (Å²) in [5.74, 6) is 0.491. The second-order valence-corrected chi connectivity index (χ2v) is 6.54. The van der Waals surface area contributed by atoms with Crippen molar-refractivity contribution in [3.8, 4) is 0 Å². The Morgan fingerprint density at radius 2 is 1.92 bits per heavy atom. The Hall–Kier alpha value is -2.66. The van der Waals surface area contributed by atoms with Gasteiger partial charge in [0.15, 0.2) is 11.5 Å². The van der Waals surface area contributed by atoms with Crippen LogP contribution in [0.25, 0.3) is 11.1 Å². The molecule has 0 saturated carbocycles. The molecule has 128 valence electrons. The minimum atomic E-state index is -0.253. The molecule has 0 aliphatic carbocycles. The van der Waals surface area contributed by atoms with Crippen molar-refractivity contribution in [3.63, 3.8) is 0 Å². The smallest absolute Gasteiger partial charge is 0.235 e. The van der Waals surface area contributed by atoms with Gasteiger partial charge in [-0.3, -0.25) is 9.69 Å². The number of nitrogens with zero attached hydrogens (tertiary/aromatic N) is 2. The molecule has 0 radical (unpaired) electrons. The summed E-state index contributed by atoms with van der Waals surface area (Å²) in [5, 5.41) is 0. The molecule has 0 saturated heterocycles. The first kappa shape index (κ1) is 15.8. The van der Waals surface area contributed by atoms with E-state index in [4.69, 9.17) is 10.2 Å². The van der Waals surface area contributed by atoms with Gasteiger partial charge >= 0.3 is 0 Å². The van der Waals surface area contributed by atoms with Gasteiger partial charge in [0, 0.05) is 13.0 Å². The Labute approximate surface area is 146 Å². The van der Waals surface area contributed by atoms with Gasteiger partial charge in [0.2, 0.25) is 5.91 Å². The molecule has 25 heavy (non-hydrogen) atoms. The van der Waals surface area contributed by atoms with Crippen LogP contribution in [-0.4, -0.2) is 28.4 Å². The zero-order valence-corrected chi connectivity index (χ0v) is 14.0. The molecule has 3 aromatic rings. The quantitative estimate of drug-likeness (QED) is 0.778. The third kappa shape index (κ3) is 3.28. The zero-order valence-electron chi connectivity index (χ0n) is 14.0. The molecule has 1 aromatic heterocycles. The molecule has 1 amide bonds. The van der Waals surface area contributed by atoms with Crippen LogP contribution in [0.15, 0.2) is 52.9 Å². The molecule has 2 heterocycles. The van der Waals surface area contributed by atoms with Crippen molar-refractivity contribution in [2.45, 2.75) is 31.8 Å². The van der Waals surface area contributed by atoms with Gasteiger partial charge in [0.05, 0.1) is 6.04 Å². The predicted molar refractivity (Wildman–Crippen MR) is 95.9 cm³/mol. The summed E-state index contributed by atoms with van der Waals surface area (Å²) in [6, 6.07) is 15.8. The van der Waals surface area contributed by atoms with E-state index in [2.05, 4.69) is 22.0 Å². The van der Waals surface area contributed by atoms with E-state index < -0.39 is 0 Å². The van der Waals surface area contributed by atoms with E-state index in [0.717, 1.165) is 42.9 Å². The minimum absolute atomic E-state index is 0.237. The molecule has 2 N–H and O–H groups in total. The van der Waals surface area contributed by atoms with Crippen molar-refractivity contribution in [1.82, 2.24) is 9.88 Å². The minimum Gasteiger partial charge on any atom is -0.441 e. The number of fused-ring (bicyclic) bond motifs is 2. The van der Waals surface area contributed by atoms with Gasteiger partial charge in [-0.1, -0.05) is 36.4 Å². The third-order valence-electron chi connectivity index (χ3n) is 4.85. The fourth-order valence-electron chi connectivity index (χ4n) is 3.55. The third-order valence-corrected chi connectivity index (χ3v) is 4.85. The number of rotatable bonds is 5. The first-order valence-corrected chi connectivity index (χ1v) is 8.65. The Morgan fingerprint density at radius 3 is 2.72 bits per heavy atom. The van der Waals surface area contributed by atoms with Crippen LogP contribution < -0.4 is 5.73 Å². The maximum Gasteiger partial charge on any atom is 0.235 e. The lowest BCUT2D eigenvalue weighted by Crippen LogP contribution is -2.48. The van der Waals surface area contributed by atoms with Crippen molar-refractivity contribution >= 4 is 17.0 Å². The summed E-state index contributed by atoms with van der Waals surface area (Å²) in [6.07, 6.45) is 2.31. The number of hydrogen-bond donors (Lipinski definition) is 1. The number of aromatic nitrogens is 1. The standard InChI is InChI=1S/C20H21N3O2/c21-20(24)17-12-14-6-1-2-7-15(14)13-23(17)11-5-10-19-22-16-8-3-4-9-18(16)25-19/h1-4,6-9,17H,5,10-13H2,(H2,21,24)/t17-/m0/s1. The highest BCUT2D eigenvalue weighted by atomic mass is 16.3. The molecular weight excluding hydrogens is 314 g/mol. The number of carbonyl (C=O) groups is 1. The fourth-order valence-corrected chi connectivity index (χ4v) is 3.55. The highest BCUT2D eigenvalue weighted by Crippen LogP contribution is 2.24. The van der Waals surface area contributed by atoms with E-state index >= 15 is 0 Å². The summed E-state index contributed by atoms with van der Waals surface area (Å²) in [5.41, 5.74) is 9.85. The maximum absolute atomic E-state index is 11.9. The van der Waals surface area contributed by atoms with Crippen LogP contribution >= 0.6 is 0 Å². The number of amides is 1. The molecule has 1 atom stereocenters. The molecule has 1 aliphatic rings. The van der Waals surface area contributed by atoms with Crippen LogP contribution in [-0.2, 0) is 24.2 Å². The number of hydrogen-bond acceptors (Lipinski definition) is 4. The molecule has 1 aliphatic heterocycles. The van der Waals surface area contributed by atoms with E-state index in [1.165, 1.54) is 11.1 Å². The molecule has 2 aromatic carbocycles. The summed E-state index contributed by atoms with van der Waals surface area (Å²) in [7, 11) is 0. The Morgan fingerprint density at radius 1 is 1.16 bits per heavy atom. The average molecular weight is 335 g/mol. The van der Waals surface area contributed by atoms with Gasteiger partial charge in [-0.15, -0.1) is 0 Å². The first-order valence-electron chi connectivity index (χ1n) is 8.65. The second kappa shape index (κ2) is 6.69. The van der Waals surface area contributed by atoms with Crippen LogP contribution in [0.1, 0.15) is 23.4 Å². The van der Waals surface area contributed by atoms with E-state index in [1.54, 1.807) is 0 Å². The molecule has 0 fully saturated rings. The number of nitrogens with two attached hydrogens (primary N) is 1. The van der Waals surface area contributed by atoms with E-state index in [9.17, 15) is 4.79 Å². The van der Waals surface area contributed by atoms with Crippen molar-refractivity contribution in [2.24, 2.45) is 5.73 Å². The summed E-state index contributed by atoms with van der Waals surface area (Å²) in [6.45, 7) is 1.55. The van der Waals surface area contributed by atoms with E-state index in [1.807, 2.05) is 36.4 Å². The van der Waals surface area contributed by atoms with Crippen LogP contribution in [0, 0.1) is 0 Å². The van der Waals surface area contributed by atoms with Gasteiger partial charge < -0.3 is 10.2 Å².